The Kier molecular flexibility index (Phi) is 6.27. The number of rotatable bonds is 4. The third kappa shape index (κ3) is 3.41. The number of fused-ring (bicyclic) bond motifs is 2. The standard InChI is InChI=1S/C31H38O11/c1-14(2)30-23(39-25(34)18-11-9-8-10-12-18)16(4)31-19-13-15(3)22(38-17(5)32)29(19,37)26(35)27(6,36)21(33)20(31)24(30)40-28(7,41-30)42-31/h8-13,16,19-24,26,33,35-37H,1H2,2-7H3/t16-,19-,20+,21+,22+,23+,24-,26-,27-,28?,29-,30+,31+/m1/s1. The predicted octanol–water partition coefficient (Wildman–Crippen LogP) is 1.38. The molecule has 1 aromatic rings. The van der Waals surface area contributed by atoms with Gasteiger partial charge in [0.15, 0.2) is 11.7 Å². The largest absolute Gasteiger partial charge is 0.455 e. The van der Waals surface area contributed by atoms with Crippen LogP contribution in [0.5, 0.6) is 0 Å². The van der Waals surface area contributed by atoms with Crippen LogP contribution in [0.15, 0.2) is 54.1 Å². The Bertz CT molecular complexity index is 1370. The molecular formula is C31H38O11. The topological polar surface area (TPSA) is 161 Å². The summed E-state index contributed by atoms with van der Waals surface area (Å²) in [6, 6.07) is 8.40. The Balaban J connectivity index is 1.61. The van der Waals surface area contributed by atoms with Crippen molar-refractivity contribution in [3.8, 4) is 0 Å². The number of hydrogen-bond acceptors (Lipinski definition) is 11. The lowest BCUT2D eigenvalue weighted by atomic mass is 9.52. The van der Waals surface area contributed by atoms with Crippen LogP contribution in [0.25, 0.3) is 0 Å². The maximum Gasteiger partial charge on any atom is 0.338 e. The number of aliphatic hydroxyl groups is 4. The van der Waals surface area contributed by atoms with E-state index in [1.807, 2.05) is 0 Å². The van der Waals surface area contributed by atoms with E-state index in [0.717, 1.165) is 0 Å². The van der Waals surface area contributed by atoms with E-state index in [0.29, 0.717) is 16.7 Å². The highest BCUT2D eigenvalue weighted by Crippen LogP contribution is 2.70. The van der Waals surface area contributed by atoms with E-state index < -0.39 is 88.6 Å². The van der Waals surface area contributed by atoms with Gasteiger partial charge >= 0.3 is 11.9 Å². The summed E-state index contributed by atoms with van der Waals surface area (Å²) in [6.07, 6.45) is -5.74. The van der Waals surface area contributed by atoms with Crippen LogP contribution >= 0.6 is 0 Å². The predicted molar refractivity (Wildman–Crippen MR) is 144 cm³/mol. The molecule has 2 saturated carbocycles. The molecule has 0 aromatic heterocycles. The maximum absolute atomic E-state index is 13.5. The summed E-state index contributed by atoms with van der Waals surface area (Å²) in [5, 5.41) is 48.0. The molecule has 228 valence electrons. The zero-order valence-corrected chi connectivity index (χ0v) is 24.4. The molecule has 3 aliphatic carbocycles. The summed E-state index contributed by atoms with van der Waals surface area (Å²) in [6.45, 7) is 13.2. The van der Waals surface area contributed by atoms with Crippen molar-refractivity contribution in [3.63, 3.8) is 0 Å². The van der Waals surface area contributed by atoms with Crippen LogP contribution in [-0.2, 0) is 28.5 Å². The average Bonchev–Trinajstić information content (AvgIpc) is 3.30. The van der Waals surface area contributed by atoms with E-state index in [1.165, 1.54) is 20.8 Å². The van der Waals surface area contributed by atoms with Crippen LogP contribution in [0.1, 0.15) is 51.9 Å². The van der Waals surface area contributed by atoms with Crippen molar-refractivity contribution in [1.29, 1.82) is 0 Å². The van der Waals surface area contributed by atoms with E-state index in [2.05, 4.69) is 6.58 Å². The fourth-order valence-electron chi connectivity index (χ4n) is 8.59. The number of aliphatic hydroxyl groups excluding tert-OH is 2. The number of carbonyl (C=O) groups excluding carboxylic acids is 2. The highest BCUT2D eigenvalue weighted by Gasteiger charge is 2.86. The molecule has 42 heavy (non-hydrogen) atoms. The first-order valence-corrected chi connectivity index (χ1v) is 14.1. The second-order valence-electron chi connectivity index (χ2n) is 12.9. The van der Waals surface area contributed by atoms with Crippen molar-refractivity contribution in [2.24, 2.45) is 17.8 Å². The minimum Gasteiger partial charge on any atom is -0.455 e. The number of hydrogen-bond donors (Lipinski definition) is 4. The van der Waals surface area contributed by atoms with Gasteiger partial charge in [0.05, 0.1) is 17.3 Å². The maximum atomic E-state index is 13.5. The molecule has 0 spiro atoms. The van der Waals surface area contributed by atoms with Crippen molar-refractivity contribution in [2.45, 2.75) is 100 Å². The minimum absolute atomic E-state index is 0.290. The lowest BCUT2D eigenvalue weighted by Gasteiger charge is -2.62. The lowest BCUT2D eigenvalue weighted by Crippen LogP contribution is -2.77. The van der Waals surface area contributed by atoms with Gasteiger partial charge in [-0.3, -0.25) is 4.79 Å². The Morgan fingerprint density at radius 2 is 1.67 bits per heavy atom. The second kappa shape index (κ2) is 8.95. The zero-order chi connectivity index (χ0) is 30.8. The first-order valence-electron chi connectivity index (χ1n) is 14.1. The van der Waals surface area contributed by atoms with Gasteiger partial charge in [-0.05, 0) is 44.1 Å². The van der Waals surface area contributed by atoms with Crippen LogP contribution < -0.4 is 0 Å². The van der Waals surface area contributed by atoms with Crippen molar-refractivity contribution in [3.05, 3.63) is 59.7 Å². The number of carbonyl (C=O) groups is 2. The Labute approximate surface area is 243 Å². The molecule has 4 N–H and O–H groups in total. The van der Waals surface area contributed by atoms with Gasteiger partial charge in [0.2, 0.25) is 0 Å². The van der Waals surface area contributed by atoms with E-state index in [1.54, 1.807) is 57.2 Å². The molecule has 0 amide bonds. The first-order chi connectivity index (χ1) is 19.5. The zero-order valence-electron chi connectivity index (χ0n) is 24.4. The summed E-state index contributed by atoms with van der Waals surface area (Å²) < 4.78 is 31.4. The van der Waals surface area contributed by atoms with Gasteiger partial charge in [0, 0.05) is 31.6 Å². The summed E-state index contributed by atoms with van der Waals surface area (Å²) in [5.41, 5.74) is -6.82. The second-order valence-corrected chi connectivity index (χ2v) is 12.9. The van der Waals surface area contributed by atoms with Crippen LogP contribution in [0.2, 0.25) is 0 Å². The van der Waals surface area contributed by atoms with Gasteiger partial charge in [-0.15, -0.1) is 0 Å². The molecule has 13 atom stereocenters. The molecule has 11 nitrogen and oxygen atoms in total. The highest BCUT2D eigenvalue weighted by molar-refractivity contribution is 5.89. The van der Waals surface area contributed by atoms with Gasteiger partial charge in [0.1, 0.15) is 29.5 Å². The average molecular weight is 587 g/mol. The molecule has 3 bridgehead atoms. The van der Waals surface area contributed by atoms with Gasteiger partial charge in [-0.25, -0.2) is 4.79 Å². The smallest absolute Gasteiger partial charge is 0.338 e. The van der Waals surface area contributed by atoms with Crippen LogP contribution in [0, 0.1) is 17.8 Å². The van der Waals surface area contributed by atoms with E-state index in [4.69, 9.17) is 23.7 Å². The number of ether oxygens (including phenoxy) is 5. The minimum atomic E-state index is -2.37. The van der Waals surface area contributed by atoms with Gasteiger partial charge in [-0.2, -0.15) is 0 Å². The van der Waals surface area contributed by atoms with Gasteiger partial charge < -0.3 is 44.1 Å². The van der Waals surface area contributed by atoms with Crippen molar-refractivity contribution >= 4 is 11.9 Å². The van der Waals surface area contributed by atoms with Crippen molar-refractivity contribution in [1.82, 2.24) is 0 Å². The summed E-state index contributed by atoms with van der Waals surface area (Å²) in [4.78, 5) is 25.7. The molecule has 4 fully saturated rings. The van der Waals surface area contributed by atoms with Gasteiger partial charge in [0.25, 0.3) is 5.97 Å². The Morgan fingerprint density at radius 3 is 2.26 bits per heavy atom. The molecule has 6 rings (SSSR count). The Hall–Kier alpha value is -2.64. The molecule has 11 heteroatoms. The molecule has 5 aliphatic rings. The van der Waals surface area contributed by atoms with E-state index in [-0.39, 0.29) is 0 Å². The van der Waals surface area contributed by atoms with E-state index in [9.17, 15) is 30.0 Å². The SMILES string of the molecule is C=C(C)[C@@]12OC3(C)O[C@@H]1[C@@H]1[C@H](O)[C@@](C)(O)[C@@H](O)[C@@]4(O)[C@@H](C=C(C)[C@@H]4OC(C)=O)[C@@]1(O3)[C@H](C)[C@@H]2OC(=O)c1ccccc1. The third-order valence-electron chi connectivity index (χ3n) is 10.3. The van der Waals surface area contributed by atoms with Crippen LogP contribution in [0.3, 0.4) is 0 Å². The molecule has 0 radical (unpaired) electrons. The quantitative estimate of drug-likeness (QED) is 0.298. The molecule has 2 heterocycles. The Morgan fingerprint density at radius 1 is 1.02 bits per heavy atom. The van der Waals surface area contributed by atoms with Crippen LogP contribution in [-0.4, -0.2) is 91.3 Å². The molecule has 2 saturated heterocycles. The molecule has 1 aromatic carbocycles. The lowest BCUT2D eigenvalue weighted by molar-refractivity contribution is -0.426. The van der Waals surface area contributed by atoms with Crippen molar-refractivity contribution < 1.29 is 53.7 Å². The summed E-state index contributed by atoms with van der Waals surface area (Å²) in [7, 11) is 0. The van der Waals surface area contributed by atoms with Crippen molar-refractivity contribution in [2.75, 3.05) is 0 Å². The molecule has 2 aliphatic heterocycles. The molecule has 1 unspecified atom stereocenters. The normalized spacial score (nSPS) is 50.3. The number of esters is 2. The fourth-order valence-corrected chi connectivity index (χ4v) is 8.59. The number of benzene rings is 1. The third-order valence-corrected chi connectivity index (χ3v) is 10.3. The van der Waals surface area contributed by atoms with Gasteiger partial charge in [-0.1, -0.05) is 37.8 Å². The highest BCUT2D eigenvalue weighted by atomic mass is 16.9. The summed E-state index contributed by atoms with van der Waals surface area (Å²) in [5.74, 6) is -6.32. The summed E-state index contributed by atoms with van der Waals surface area (Å²) >= 11 is 0. The fraction of sp³-hybridized carbons (Fsp3) is 0.613. The monoisotopic (exact) mass is 586 g/mol. The van der Waals surface area contributed by atoms with Crippen LogP contribution in [0.4, 0.5) is 0 Å². The first kappa shape index (κ1) is 29.4. The molecular weight excluding hydrogens is 548 g/mol. The van der Waals surface area contributed by atoms with E-state index >= 15 is 0 Å².